The lowest BCUT2D eigenvalue weighted by molar-refractivity contribution is -0.143. The van der Waals surface area contributed by atoms with Crippen LogP contribution in [-0.4, -0.2) is 23.6 Å². The molecule has 2 aromatic rings. The molecule has 0 spiro atoms. The van der Waals surface area contributed by atoms with Crippen molar-refractivity contribution in [1.82, 2.24) is 4.98 Å². The van der Waals surface area contributed by atoms with E-state index >= 15 is 0 Å². The second-order valence-electron chi connectivity index (χ2n) is 4.29. The van der Waals surface area contributed by atoms with Gasteiger partial charge in [-0.05, 0) is 19.9 Å². The van der Waals surface area contributed by atoms with Crippen LogP contribution in [0.3, 0.4) is 0 Å². The van der Waals surface area contributed by atoms with Gasteiger partial charge in [-0.15, -0.1) is 0 Å². The first-order valence-electron chi connectivity index (χ1n) is 6.38. The number of hydrogen-bond acceptors (Lipinski definition) is 5. The average molecular weight is 269 g/mol. The van der Waals surface area contributed by atoms with Crippen LogP contribution in [0.2, 0.25) is 0 Å². The third kappa shape index (κ3) is 2.69. The third-order valence-electron chi connectivity index (χ3n) is 2.90. The number of benzene rings is 1. The predicted octanol–water partition coefficient (Wildman–Crippen LogP) is 2.47. The Hall–Kier alpha value is -2.61. The summed E-state index contributed by atoms with van der Waals surface area (Å²) in [6, 6.07) is 9.02. The molecule has 1 atom stereocenters. The highest BCUT2D eigenvalue weighted by molar-refractivity contribution is 5.95. The van der Waals surface area contributed by atoms with Crippen LogP contribution in [-0.2, 0) is 9.53 Å². The molecule has 0 radical (unpaired) electrons. The van der Waals surface area contributed by atoms with Gasteiger partial charge in [0, 0.05) is 11.6 Å². The van der Waals surface area contributed by atoms with Crippen LogP contribution >= 0.6 is 0 Å². The molecule has 5 heteroatoms. The van der Waals surface area contributed by atoms with Crippen LogP contribution in [0, 0.1) is 11.3 Å². The highest BCUT2D eigenvalue weighted by atomic mass is 16.5. The first-order valence-corrected chi connectivity index (χ1v) is 6.38. The molecule has 1 unspecified atom stereocenters. The smallest absolute Gasteiger partial charge is 0.328 e. The van der Waals surface area contributed by atoms with E-state index in [-0.39, 0.29) is 5.97 Å². The highest BCUT2D eigenvalue weighted by Crippen LogP contribution is 2.26. The van der Waals surface area contributed by atoms with Crippen LogP contribution in [0.15, 0.2) is 30.5 Å². The Morgan fingerprint density at radius 1 is 1.50 bits per heavy atom. The number of hydrogen-bond donors (Lipinski definition) is 1. The zero-order valence-corrected chi connectivity index (χ0v) is 11.4. The lowest BCUT2D eigenvalue weighted by Gasteiger charge is -2.16. The molecule has 0 saturated carbocycles. The molecule has 0 amide bonds. The normalized spacial score (nSPS) is 11.7. The Kier molecular flexibility index (Phi) is 4.16. The number of para-hydroxylation sites is 1. The van der Waals surface area contributed by atoms with Gasteiger partial charge in [0.2, 0.25) is 0 Å². The van der Waals surface area contributed by atoms with Crippen LogP contribution in [0.1, 0.15) is 19.4 Å². The van der Waals surface area contributed by atoms with Crippen LogP contribution in [0.5, 0.6) is 0 Å². The van der Waals surface area contributed by atoms with Gasteiger partial charge in [-0.2, -0.15) is 5.26 Å². The molecule has 1 aromatic heterocycles. The van der Waals surface area contributed by atoms with E-state index in [4.69, 9.17) is 4.74 Å². The van der Waals surface area contributed by atoms with Crippen molar-refractivity contribution in [3.63, 3.8) is 0 Å². The van der Waals surface area contributed by atoms with E-state index in [1.165, 1.54) is 6.20 Å². The number of nitrogens with one attached hydrogen (secondary N) is 1. The van der Waals surface area contributed by atoms with Crippen molar-refractivity contribution in [2.45, 2.75) is 19.9 Å². The number of esters is 1. The molecule has 1 heterocycles. The summed E-state index contributed by atoms with van der Waals surface area (Å²) in [5, 5.41) is 13.0. The van der Waals surface area contributed by atoms with Crippen LogP contribution in [0.25, 0.3) is 10.9 Å². The standard InChI is InChI=1S/C15H15N3O2/c1-3-20-15(19)10(2)18-14-11(8-16)9-17-13-7-5-4-6-12(13)14/h4-7,9-10H,3H2,1-2H3,(H,17,18). The lowest BCUT2D eigenvalue weighted by Crippen LogP contribution is -2.28. The Morgan fingerprint density at radius 3 is 2.95 bits per heavy atom. The van der Waals surface area contributed by atoms with Crippen molar-refractivity contribution >= 4 is 22.6 Å². The lowest BCUT2D eigenvalue weighted by atomic mass is 10.1. The second-order valence-corrected chi connectivity index (χ2v) is 4.29. The molecular formula is C15H15N3O2. The van der Waals surface area contributed by atoms with Crippen molar-refractivity contribution in [3.8, 4) is 6.07 Å². The Morgan fingerprint density at radius 2 is 2.25 bits per heavy atom. The Labute approximate surface area is 117 Å². The zero-order chi connectivity index (χ0) is 14.5. The van der Waals surface area contributed by atoms with E-state index in [1.54, 1.807) is 13.8 Å². The Bertz CT molecular complexity index is 676. The molecular weight excluding hydrogens is 254 g/mol. The zero-order valence-electron chi connectivity index (χ0n) is 11.4. The summed E-state index contributed by atoms with van der Waals surface area (Å²) in [6.45, 7) is 3.79. The van der Waals surface area contributed by atoms with Gasteiger partial charge < -0.3 is 10.1 Å². The van der Waals surface area contributed by atoms with E-state index in [2.05, 4.69) is 16.4 Å². The van der Waals surface area contributed by atoms with Crippen molar-refractivity contribution in [3.05, 3.63) is 36.0 Å². The second kappa shape index (κ2) is 6.02. The first kappa shape index (κ1) is 13.8. The van der Waals surface area contributed by atoms with Crippen LogP contribution < -0.4 is 5.32 Å². The number of pyridine rings is 1. The summed E-state index contributed by atoms with van der Waals surface area (Å²) in [6.07, 6.45) is 1.50. The fourth-order valence-electron chi connectivity index (χ4n) is 1.92. The molecule has 0 saturated heterocycles. The van der Waals surface area contributed by atoms with E-state index in [0.29, 0.717) is 17.9 Å². The third-order valence-corrected chi connectivity index (χ3v) is 2.90. The maximum absolute atomic E-state index is 11.7. The SMILES string of the molecule is CCOC(=O)C(C)Nc1c(C#N)cnc2ccccc12. The Balaban J connectivity index is 2.42. The van der Waals surface area contributed by atoms with Crippen LogP contribution in [0.4, 0.5) is 5.69 Å². The maximum Gasteiger partial charge on any atom is 0.328 e. The fourth-order valence-corrected chi connectivity index (χ4v) is 1.92. The fraction of sp³-hybridized carbons (Fsp3) is 0.267. The van der Waals surface area contributed by atoms with Crippen molar-refractivity contribution in [2.75, 3.05) is 11.9 Å². The molecule has 0 fully saturated rings. The number of nitriles is 1. The van der Waals surface area contributed by atoms with Gasteiger partial charge in [0.1, 0.15) is 12.1 Å². The number of rotatable bonds is 4. The van der Waals surface area contributed by atoms with Gasteiger partial charge in [-0.3, -0.25) is 4.98 Å². The quantitative estimate of drug-likeness (QED) is 0.863. The number of carbonyl (C=O) groups excluding carboxylic acids is 1. The summed E-state index contributed by atoms with van der Waals surface area (Å²) < 4.78 is 4.96. The molecule has 2 rings (SSSR count). The molecule has 0 aliphatic carbocycles. The number of fused-ring (bicyclic) bond motifs is 1. The summed E-state index contributed by atoms with van der Waals surface area (Å²) in [5.74, 6) is -0.350. The number of anilines is 1. The predicted molar refractivity (Wildman–Crippen MR) is 76.2 cm³/mol. The van der Waals surface area contributed by atoms with Gasteiger partial charge in [-0.1, -0.05) is 18.2 Å². The summed E-state index contributed by atoms with van der Waals surface area (Å²) in [4.78, 5) is 15.9. The largest absolute Gasteiger partial charge is 0.464 e. The first-order chi connectivity index (χ1) is 9.67. The number of ether oxygens (including phenoxy) is 1. The summed E-state index contributed by atoms with van der Waals surface area (Å²) in [7, 11) is 0. The van der Waals surface area contributed by atoms with Gasteiger partial charge in [0.05, 0.1) is 23.4 Å². The molecule has 20 heavy (non-hydrogen) atoms. The highest BCUT2D eigenvalue weighted by Gasteiger charge is 2.17. The minimum atomic E-state index is -0.534. The van der Waals surface area contributed by atoms with Crippen molar-refractivity contribution in [1.29, 1.82) is 5.26 Å². The average Bonchev–Trinajstić information content (AvgIpc) is 2.47. The van der Waals surface area contributed by atoms with Gasteiger partial charge >= 0.3 is 5.97 Å². The van der Waals surface area contributed by atoms with Crippen molar-refractivity contribution in [2.24, 2.45) is 0 Å². The number of nitrogens with zero attached hydrogens (tertiary/aromatic N) is 2. The molecule has 0 aliphatic rings. The maximum atomic E-state index is 11.7. The van der Waals surface area contributed by atoms with E-state index in [1.807, 2.05) is 24.3 Å². The number of aromatic nitrogens is 1. The molecule has 0 bridgehead atoms. The molecule has 0 aliphatic heterocycles. The van der Waals surface area contributed by atoms with E-state index in [9.17, 15) is 10.1 Å². The minimum absolute atomic E-state index is 0.326. The monoisotopic (exact) mass is 269 g/mol. The van der Waals surface area contributed by atoms with Gasteiger partial charge in [0.15, 0.2) is 0 Å². The van der Waals surface area contributed by atoms with E-state index < -0.39 is 6.04 Å². The van der Waals surface area contributed by atoms with Gasteiger partial charge in [0.25, 0.3) is 0 Å². The summed E-state index contributed by atoms with van der Waals surface area (Å²) >= 11 is 0. The van der Waals surface area contributed by atoms with Gasteiger partial charge in [-0.25, -0.2) is 4.79 Å². The number of carbonyl (C=O) groups is 1. The molecule has 1 N–H and O–H groups in total. The minimum Gasteiger partial charge on any atom is -0.464 e. The summed E-state index contributed by atoms with van der Waals surface area (Å²) in [5.41, 5.74) is 1.78. The molecule has 102 valence electrons. The molecule has 1 aromatic carbocycles. The molecule has 5 nitrogen and oxygen atoms in total. The van der Waals surface area contributed by atoms with Crippen molar-refractivity contribution < 1.29 is 9.53 Å². The topological polar surface area (TPSA) is 75.0 Å². The van der Waals surface area contributed by atoms with E-state index in [0.717, 1.165) is 10.9 Å².